The first-order valence-corrected chi connectivity index (χ1v) is 7.60. The molecule has 0 aromatic carbocycles. The van der Waals surface area contributed by atoms with E-state index in [4.69, 9.17) is 0 Å². The van der Waals surface area contributed by atoms with Crippen LogP contribution in [0.3, 0.4) is 0 Å². The van der Waals surface area contributed by atoms with Gasteiger partial charge in [0.15, 0.2) is 0 Å². The van der Waals surface area contributed by atoms with Crippen LogP contribution < -0.4 is 5.32 Å². The van der Waals surface area contributed by atoms with E-state index in [1.807, 2.05) is 0 Å². The molecule has 0 amide bonds. The summed E-state index contributed by atoms with van der Waals surface area (Å²) >= 11 is 0. The summed E-state index contributed by atoms with van der Waals surface area (Å²) in [5, 5.41) is 3.73. The third-order valence-corrected chi connectivity index (χ3v) is 5.09. The van der Waals surface area contributed by atoms with Gasteiger partial charge in [-0.2, -0.15) is 0 Å². The van der Waals surface area contributed by atoms with E-state index < -0.39 is 0 Å². The van der Waals surface area contributed by atoms with E-state index in [9.17, 15) is 0 Å². The van der Waals surface area contributed by atoms with Gasteiger partial charge in [0.25, 0.3) is 0 Å². The Bertz CT molecular complexity index is 241. The molecule has 2 rings (SSSR count). The SMILES string of the molecule is CCC1(C)CN(CC2CCCC2C)CCCN1. The van der Waals surface area contributed by atoms with E-state index in [-0.39, 0.29) is 0 Å². The van der Waals surface area contributed by atoms with Gasteiger partial charge in [0, 0.05) is 18.6 Å². The predicted octanol–water partition coefficient (Wildman–Crippen LogP) is 2.89. The first kappa shape index (κ1) is 13.4. The molecular formula is C15H30N2. The van der Waals surface area contributed by atoms with Crippen molar-refractivity contribution in [2.75, 3.05) is 26.2 Å². The van der Waals surface area contributed by atoms with Crippen molar-refractivity contribution >= 4 is 0 Å². The number of nitrogens with one attached hydrogen (secondary N) is 1. The van der Waals surface area contributed by atoms with Crippen molar-refractivity contribution in [2.45, 2.75) is 58.4 Å². The summed E-state index contributed by atoms with van der Waals surface area (Å²) in [4.78, 5) is 2.73. The van der Waals surface area contributed by atoms with E-state index in [1.54, 1.807) is 0 Å². The zero-order chi connectivity index (χ0) is 12.3. The van der Waals surface area contributed by atoms with E-state index in [1.165, 1.54) is 58.3 Å². The number of rotatable bonds is 3. The summed E-state index contributed by atoms with van der Waals surface area (Å²) in [6, 6.07) is 0. The van der Waals surface area contributed by atoms with Gasteiger partial charge in [0.2, 0.25) is 0 Å². The topological polar surface area (TPSA) is 15.3 Å². The van der Waals surface area contributed by atoms with Crippen molar-refractivity contribution in [1.82, 2.24) is 10.2 Å². The van der Waals surface area contributed by atoms with Gasteiger partial charge in [-0.05, 0) is 51.1 Å². The maximum Gasteiger partial charge on any atom is 0.0277 e. The Morgan fingerprint density at radius 2 is 2.12 bits per heavy atom. The smallest absolute Gasteiger partial charge is 0.0277 e. The number of nitrogens with zero attached hydrogens (tertiary/aromatic N) is 1. The molecule has 1 saturated heterocycles. The van der Waals surface area contributed by atoms with Gasteiger partial charge in [-0.3, -0.25) is 0 Å². The van der Waals surface area contributed by atoms with Crippen molar-refractivity contribution in [3.05, 3.63) is 0 Å². The Hall–Kier alpha value is -0.0800. The Balaban J connectivity index is 1.90. The highest BCUT2D eigenvalue weighted by Gasteiger charge is 2.30. The maximum absolute atomic E-state index is 3.73. The molecule has 2 aliphatic rings. The molecule has 100 valence electrons. The fourth-order valence-corrected chi connectivity index (χ4v) is 3.54. The summed E-state index contributed by atoms with van der Waals surface area (Å²) < 4.78 is 0. The Morgan fingerprint density at radius 3 is 2.76 bits per heavy atom. The van der Waals surface area contributed by atoms with Gasteiger partial charge in [0.05, 0.1) is 0 Å². The van der Waals surface area contributed by atoms with Crippen LogP contribution in [-0.4, -0.2) is 36.6 Å². The van der Waals surface area contributed by atoms with Gasteiger partial charge >= 0.3 is 0 Å². The number of hydrogen-bond acceptors (Lipinski definition) is 2. The fraction of sp³-hybridized carbons (Fsp3) is 1.00. The third kappa shape index (κ3) is 3.45. The summed E-state index contributed by atoms with van der Waals surface area (Å²) in [6.07, 6.45) is 6.94. The average molecular weight is 238 g/mol. The van der Waals surface area contributed by atoms with Crippen molar-refractivity contribution in [1.29, 1.82) is 0 Å². The highest BCUT2D eigenvalue weighted by Crippen LogP contribution is 2.32. The Labute approximate surface area is 107 Å². The molecule has 1 aliphatic heterocycles. The van der Waals surface area contributed by atoms with Crippen molar-refractivity contribution < 1.29 is 0 Å². The van der Waals surface area contributed by atoms with E-state index in [2.05, 4.69) is 31.0 Å². The zero-order valence-electron chi connectivity index (χ0n) is 12.0. The molecule has 1 N–H and O–H groups in total. The summed E-state index contributed by atoms with van der Waals surface area (Å²) in [6.45, 7) is 12.2. The molecule has 0 bridgehead atoms. The lowest BCUT2D eigenvalue weighted by molar-refractivity contribution is 0.175. The van der Waals surface area contributed by atoms with Crippen LogP contribution in [0.5, 0.6) is 0 Å². The number of hydrogen-bond donors (Lipinski definition) is 1. The molecule has 2 nitrogen and oxygen atoms in total. The highest BCUT2D eigenvalue weighted by molar-refractivity contribution is 4.89. The van der Waals surface area contributed by atoms with Gasteiger partial charge in [-0.1, -0.05) is 26.7 Å². The van der Waals surface area contributed by atoms with Crippen molar-refractivity contribution in [3.8, 4) is 0 Å². The van der Waals surface area contributed by atoms with Crippen LogP contribution in [0.15, 0.2) is 0 Å². The van der Waals surface area contributed by atoms with Gasteiger partial charge in [0.1, 0.15) is 0 Å². The molecule has 1 aliphatic carbocycles. The quantitative estimate of drug-likeness (QED) is 0.813. The van der Waals surface area contributed by atoms with Crippen LogP contribution in [0.25, 0.3) is 0 Å². The van der Waals surface area contributed by atoms with Crippen molar-refractivity contribution in [3.63, 3.8) is 0 Å². The first-order chi connectivity index (χ1) is 8.13. The van der Waals surface area contributed by atoms with Crippen LogP contribution >= 0.6 is 0 Å². The van der Waals surface area contributed by atoms with Crippen molar-refractivity contribution in [2.24, 2.45) is 11.8 Å². The molecule has 1 heterocycles. The molecule has 2 heteroatoms. The largest absolute Gasteiger partial charge is 0.310 e. The monoisotopic (exact) mass is 238 g/mol. The molecule has 2 fully saturated rings. The lowest BCUT2D eigenvalue weighted by Crippen LogP contribution is -2.49. The second-order valence-corrected chi connectivity index (χ2v) is 6.60. The minimum absolute atomic E-state index is 0.346. The lowest BCUT2D eigenvalue weighted by atomic mass is 9.95. The van der Waals surface area contributed by atoms with Gasteiger partial charge in [-0.15, -0.1) is 0 Å². The van der Waals surface area contributed by atoms with Crippen LogP contribution in [0.2, 0.25) is 0 Å². The zero-order valence-corrected chi connectivity index (χ0v) is 12.0. The molecule has 17 heavy (non-hydrogen) atoms. The minimum Gasteiger partial charge on any atom is -0.310 e. The van der Waals surface area contributed by atoms with Crippen LogP contribution in [0, 0.1) is 11.8 Å². The van der Waals surface area contributed by atoms with E-state index >= 15 is 0 Å². The lowest BCUT2D eigenvalue weighted by Gasteiger charge is -2.34. The average Bonchev–Trinajstić information content (AvgIpc) is 2.60. The van der Waals surface area contributed by atoms with E-state index in [0.29, 0.717) is 5.54 Å². The van der Waals surface area contributed by atoms with Gasteiger partial charge < -0.3 is 10.2 Å². The third-order valence-electron chi connectivity index (χ3n) is 5.09. The van der Waals surface area contributed by atoms with Crippen LogP contribution in [0.1, 0.15) is 52.9 Å². The summed E-state index contributed by atoms with van der Waals surface area (Å²) in [5.41, 5.74) is 0.346. The van der Waals surface area contributed by atoms with Crippen LogP contribution in [0.4, 0.5) is 0 Å². The maximum atomic E-state index is 3.73. The van der Waals surface area contributed by atoms with Gasteiger partial charge in [-0.25, -0.2) is 0 Å². The first-order valence-electron chi connectivity index (χ1n) is 7.60. The second-order valence-electron chi connectivity index (χ2n) is 6.60. The van der Waals surface area contributed by atoms with E-state index in [0.717, 1.165) is 11.8 Å². The highest BCUT2D eigenvalue weighted by atomic mass is 15.2. The molecule has 3 unspecified atom stereocenters. The Morgan fingerprint density at radius 1 is 1.29 bits per heavy atom. The normalized spacial score (nSPS) is 40.4. The summed E-state index contributed by atoms with van der Waals surface area (Å²) in [5.74, 6) is 1.92. The molecule has 1 saturated carbocycles. The predicted molar refractivity (Wildman–Crippen MR) is 74.3 cm³/mol. The molecule has 0 radical (unpaired) electrons. The summed E-state index contributed by atoms with van der Waals surface area (Å²) in [7, 11) is 0. The fourth-order valence-electron chi connectivity index (χ4n) is 3.54. The molecule has 3 atom stereocenters. The molecule has 0 spiro atoms. The van der Waals surface area contributed by atoms with Crippen LogP contribution in [-0.2, 0) is 0 Å². The molecular weight excluding hydrogens is 208 g/mol. The standard InChI is InChI=1S/C15H30N2/c1-4-15(3)12-17(10-6-9-16-15)11-14-8-5-7-13(14)2/h13-14,16H,4-12H2,1-3H3. The Kier molecular flexibility index (Phi) is 4.48. The molecule has 0 aromatic rings. The minimum atomic E-state index is 0.346. The molecule has 0 aromatic heterocycles. The second kappa shape index (κ2) is 5.71.